The molecule has 0 aliphatic heterocycles. The van der Waals surface area contributed by atoms with Gasteiger partial charge in [0.05, 0.1) is 10.4 Å². The summed E-state index contributed by atoms with van der Waals surface area (Å²) in [5.74, 6) is 0. The Balaban J connectivity index is 1.65. The predicted octanol–water partition coefficient (Wildman–Crippen LogP) is 2.43. The lowest BCUT2D eigenvalue weighted by molar-refractivity contribution is 0.545. The molecule has 0 fully saturated rings. The third-order valence-electron chi connectivity index (χ3n) is 3.26. The van der Waals surface area contributed by atoms with Crippen LogP contribution in [0.2, 0.25) is 0 Å². The minimum Gasteiger partial charge on any atom is -0.359 e. The van der Waals surface area contributed by atoms with Crippen LogP contribution >= 0.6 is 11.3 Å². The standard InChI is InChI=1S/C13H18N6S/c1-9(5-8-19-7-4-6-14-19)15-13-16-12-11(20-13)10(2)17-18(12)3/h4,6-7,9H,5,8H2,1-3H3,(H,15,16)/t9-/m0/s1. The molecular formula is C13H18N6S. The molecule has 6 nitrogen and oxygen atoms in total. The number of thiazole rings is 1. The van der Waals surface area contributed by atoms with Crippen LogP contribution < -0.4 is 5.32 Å². The number of fused-ring (bicyclic) bond motifs is 1. The van der Waals surface area contributed by atoms with Crippen molar-refractivity contribution < 1.29 is 0 Å². The van der Waals surface area contributed by atoms with Crippen LogP contribution in [0.25, 0.3) is 10.3 Å². The van der Waals surface area contributed by atoms with E-state index in [2.05, 4.69) is 27.4 Å². The number of anilines is 1. The topological polar surface area (TPSA) is 60.6 Å². The molecule has 7 heteroatoms. The van der Waals surface area contributed by atoms with E-state index in [-0.39, 0.29) is 0 Å². The average molecular weight is 290 g/mol. The zero-order valence-corrected chi connectivity index (χ0v) is 12.7. The SMILES string of the molecule is Cc1nn(C)c2nc(N[C@@H](C)CCn3cccn3)sc12. The van der Waals surface area contributed by atoms with Crippen LogP contribution in [0.4, 0.5) is 5.13 Å². The van der Waals surface area contributed by atoms with Crippen LogP contribution in [-0.2, 0) is 13.6 Å². The van der Waals surface area contributed by atoms with Gasteiger partial charge in [0.25, 0.3) is 0 Å². The first-order valence-electron chi connectivity index (χ1n) is 6.67. The largest absolute Gasteiger partial charge is 0.359 e. The van der Waals surface area contributed by atoms with E-state index in [9.17, 15) is 0 Å². The molecular weight excluding hydrogens is 272 g/mol. The third kappa shape index (κ3) is 2.53. The Kier molecular flexibility index (Phi) is 3.43. The van der Waals surface area contributed by atoms with Crippen molar-refractivity contribution in [2.45, 2.75) is 32.9 Å². The molecule has 3 aromatic heterocycles. The molecule has 0 saturated carbocycles. The summed E-state index contributed by atoms with van der Waals surface area (Å²) >= 11 is 1.67. The van der Waals surface area contributed by atoms with Gasteiger partial charge in [0.2, 0.25) is 0 Å². The van der Waals surface area contributed by atoms with Crippen molar-refractivity contribution in [3.8, 4) is 0 Å². The highest BCUT2D eigenvalue weighted by molar-refractivity contribution is 7.22. The molecule has 3 rings (SSSR count). The van der Waals surface area contributed by atoms with E-state index in [1.165, 1.54) is 0 Å². The predicted molar refractivity (Wildman–Crippen MR) is 81.1 cm³/mol. The molecule has 1 atom stereocenters. The molecule has 3 heterocycles. The minimum absolute atomic E-state index is 0.355. The summed E-state index contributed by atoms with van der Waals surface area (Å²) in [4.78, 5) is 4.60. The molecule has 0 bridgehead atoms. The number of hydrogen-bond donors (Lipinski definition) is 1. The van der Waals surface area contributed by atoms with Gasteiger partial charge < -0.3 is 5.32 Å². The number of rotatable bonds is 5. The van der Waals surface area contributed by atoms with Crippen molar-refractivity contribution in [1.29, 1.82) is 0 Å². The molecule has 0 aliphatic rings. The van der Waals surface area contributed by atoms with Crippen molar-refractivity contribution >= 4 is 26.8 Å². The molecule has 20 heavy (non-hydrogen) atoms. The zero-order chi connectivity index (χ0) is 14.1. The molecule has 0 radical (unpaired) electrons. The number of nitrogens with zero attached hydrogens (tertiary/aromatic N) is 5. The first-order chi connectivity index (χ1) is 9.63. The maximum Gasteiger partial charge on any atom is 0.185 e. The average Bonchev–Trinajstić information content (AvgIpc) is 3.08. The van der Waals surface area contributed by atoms with E-state index in [4.69, 9.17) is 0 Å². The van der Waals surface area contributed by atoms with Gasteiger partial charge >= 0.3 is 0 Å². The van der Waals surface area contributed by atoms with Gasteiger partial charge in [-0.15, -0.1) is 0 Å². The van der Waals surface area contributed by atoms with Crippen LogP contribution in [0.15, 0.2) is 18.5 Å². The number of aryl methyl sites for hydroxylation is 3. The quantitative estimate of drug-likeness (QED) is 0.784. The Morgan fingerprint density at radius 1 is 1.45 bits per heavy atom. The van der Waals surface area contributed by atoms with Crippen molar-refractivity contribution in [2.24, 2.45) is 7.05 Å². The fourth-order valence-corrected chi connectivity index (χ4v) is 3.23. The molecule has 0 aromatic carbocycles. The number of aromatic nitrogens is 5. The van der Waals surface area contributed by atoms with E-state index < -0.39 is 0 Å². The van der Waals surface area contributed by atoms with Gasteiger partial charge in [-0.2, -0.15) is 10.2 Å². The van der Waals surface area contributed by atoms with Gasteiger partial charge in [0.1, 0.15) is 0 Å². The fourth-order valence-electron chi connectivity index (χ4n) is 2.19. The first kappa shape index (κ1) is 13.1. The Morgan fingerprint density at radius 2 is 2.30 bits per heavy atom. The van der Waals surface area contributed by atoms with Crippen LogP contribution in [0.3, 0.4) is 0 Å². The lowest BCUT2D eigenvalue weighted by atomic mass is 10.2. The highest BCUT2D eigenvalue weighted by Gasteiger charge is 2.13. The molecule has 3 aromatic rings. The van der Waals surface area contributed by atoms with Gasteiger partial charge in [-0.25, -0.2) is 9.67 Å². The summed E-state index contributed by atoms with van der Waals surface area (Å²) < 4.78 is 4.94. The molecule has 0 aliphatic carbocycles. The van der Waals surface area contributed by atoms with Crippen LogP contribution in [0.5, 0.6) is 0 Å². The number of hydrogen-bond acceptors (Lipinski definition) is 5. The number of nitrogens with one attached hydrogen (secondary N) is 1. The van der Waals surface area contributed by atoms with Gasteiger partial charge in [-0.3, -0.25) is 4.68 Å². The zero-order valence-electron chi connectivity index (χ0n) is 11.9. The van der Waals surface area contributed by atoms with E-state index in [0.29, 0.717) is 6.04 Å². The van der Waals surface area contributed by atoms with E-state index >= 15 is 0 Å². The van der Waals surface area contributed by atoms with E-state index in [1.807, 2.05) is 35.6 Å². The summed E-state index contributed by atoms with van der Waals surface area (Å²) in [6.07, 6.45) is 4.80. The third-order valence-corrected chi connectivity index (χ3v) is 4.35. The summed E-state index contributed by atoms with van der Waals surface area (Å²) in [5.41, 5.74) is 1.99. The second kappa shape index (κ2) is 5.24. The maximum atomic E-state index is 4.60. The van der Waals surface area contributed by atoms with Crippen molar-refractivity contribution in [1.82, 2.24) is 24.5 Å². The van der Waals surface area contributed by atoms with E-state index in [0.717, 1.165) is 34.1 Å². The normalized spacial score (nSPS) is 12.9. The molecule has 0 spiro atoms. The van der Waals surface area contributed by atoms with Crippen molar-refractivity contribution in [3.05, 3.63) is 24.2 Å². The second-order valence-corrected chi connectivity index (χ2v) is 5.98. The molecule has 1 N–H and O–H groups in total. The molecule has 106 valence electrons. The second-order valence-electron chi connectivity index (χ2n) is 4.98. The Morgan fingerprint density at radius 3 is 3.00 bits per heavy atom. The van der Waals surface area contributed by atoms with E-state index in [1.54, 1.807) is 17.5 Å². The Hall–Kier alpha value is -1.89. The highest BCUT2D eigenvalue weighted by Crippen LogP contribution is 2.28. The monoisotopic (exact) mass is 290 g/mol. The lowest BCUT2D eigenvalue weighted by Gasteiger charge is -2.12. The minimum atomic E-state index is 0.355. The Labute approximate surface area is 121 Å². The Bertz CT molecular complexity index is 661. The molecule has 0 amide bonds. The summed E-state index contributed by atoms with van der Waals surface area (Å²) in [5, 5.41) is 13.0. The van der Waals surface area contributed by atoms with Crippen molar-refractivity contribution in [3.63, 3.8) is 0 Å². The summed E-state index contributed by atoms with van der Waals surface area (Å²) in [7, 11) is 1.93. The summed E-state index contributed by atoms with van der Waals surface area (Å²) in [6.45, 7) is 5.10. The van der Waals surface area contributed by atoms with Crippen LogP contribution in [0.1, 0.15) is 19.0 Å². The lowest BCUT2D eigenvalue weighted by Crippen LogP contribution is -2.17. The van der Waals surface area contributed by atoms with Crippen molar-refractivity contribution in [2.75, 3.05) is 5.32 Å². The fraction of sp³-hybridized carbons (Fsp3) is 0.462. The van der Waals surface area contributed by atoms with Crippen LogP contribution in [0, 0.1) is 6.92 Å². The smallest absolute Gasteiger partial charge is 0.185 e. The van der Waals surface area contributed by atoms with Gasteiger partial charge in [-0.05, 0) is 26.3 Å². The first-order valence-corrected chi connectivity index (χ1v) is 7.49. The maximum absolute atomic E-state index is 4.60. The van der Waals surface area contributed by atoms with Gasteiger partial charge in [-0.1, -0.05) is 11.3 Å². The summed E-state index contributed by atoms with van der Waals surface area (Å²) in [6, 6.07) is 2.30. The molecule has 0 saturated heterocycles. The van der Waals surface area contributed by atoms with Gasteiger partial charge in [0, 0.05) is 32.0 Å². The van der Waals surface area contributed by atoms with Crippen LogP contribution in [-0.4, -0.2) is 30.6 Å². The van der Waals surface area contributed by atoms with Gasteiger partial charge in [0.15, 0.2) is 10.8 Å². The highest BCUT2D eigenvalue weighted by atomic mass is 32.1. The molecule has 0 unspecified atom stereocenters.